The zero-order valence-corrected chi connectivity index (χ0v) is 35.2. The van der Waals surface area contributed by atoms with Crippen molar-refractivity contribution in [2.45, 2.75) is 118 Å². The van der Waals surface area contributed by atoms with Crippen LogP contribution >= 0.6 is 0 Å². The molecule has 0 spiro atoms. The Balaban J connectivity index is 0.000000189. The molecule has 2 aliphatic carbocycles. The van der Waals surface area contributed by atoms with E-state index in [9.17, 15) is 0 Å². The fraction of sp³-hybridized carbons (Fsp3) is 0.383. The predicted octanol–water partition coefficient (Wildman–Crippen LogP) is 12.4. The maximum atomic E-state index is 3.67. The number of benzene rings is 4. The molecule has 0 heterocycles. The van der Waals surface area contributed by atoms with Gasteiger partial charge in [-0.3, -0.25) is 6.08 Å². The smallest absolute Gasteiger partial charge is 0.109 e. The van der Waals surface area contributed by atoms with Crippen LogP contribution in [0.25, 0.3) is 11.1 Å². The van der Waals surface area contributed by atoms with Crippen molar-refractivity contribution in [2.75, 3.05) is 0 Å². The van der Waals surface area contributed by atoms with E-state index in [-0.39, 0.29) is 21.7 Å². The van der Waals surface area contributed by atoms with E-state index in [4.69, 9.17) is 0 Å². The monoisotopic (exact) mass is 800 g/mol. The van der Waals surface area contributed by atoms with Crippen LogP contribution in [0, 0.1) is 12.1 Å². The first kappa shape index (κ1) is 37.9. The molecule has 0 aromatic heterocycles. The summed E-state index contributed by atoms with van der Waals surface area (Å²) in [5.74, 6) is 0. The minimum atomic E-state index is 0.167. The number of hydrogen-bond acceptors (Lipinski definition) is 0. The summed E-state index contributed by atoms with van der Waals surface area (Å²) in [5, 5.41) is 0. The van der Waals surface area contributed by atoms with Gasteiger partial charge in [-0.1, -0.05) is 65.3 Å². The molecule has 0 fully saturated rings. The van der Waals surface area contributed by atoms with Gasteiger partial charge in [0.2, 0.25) is 0 Å². The maximum Gasteiger partial charge on any atom is -0.109 e. The Labute approximate surface area is 307 Å². The fourth-order valence-corrected chi connectivity index (χ4v) is 7.01. The summed E-state index contributed by atoms with van der Waals surface area (Å²) in [7, 11) is 0. The van der Waals surface area contributed by atoms with Gasteiger partial charge in [-0.15, -0.1) is 17.5 Å². The van der Waals surface area contributed by atoms with Gasteiger partial charge in [0.25, 0.3) is 0 Å². The Hall–Kier alpha value is -2.90. The van der Waals surface area contributed by atoms with Crippen molar-refractivity contribution in [3.05, 3.63) is 154 Å². The first-order valence-electron chi connectivity index (χ1n) is 17.5. The van der Waals surface area contributed by atoms with Crippen molar-refractivity contribution in [3.8, 4) is 11.1 Å². The number of fused-ring (bicyclic) bond motifs is 3. The largest absolute Gasteiger partial charge is 0.273 e. The van der Waals surface area contributed by atoms with Gasteiger partial charge in [0.05, 0.1) is 0 Å². The Morgan fingerprint density at radius 2 is 1.04 bits per heavy atom. The topological polar surface area (TPSA) is 0 Å². The molecule has 0 aliphatic heterocycles. The van der Waals surface area contributed by atoms with Crippen LogP contribution in [0.5, 0.6) is 0 Å². The van der Waals surface area contributed by atoms with Gasteiger partial charge in [0.1, 0.15) is 0 Å². The summed E-state index contributed by atoms with van der Waals surface area (Å²) in [4.78, 5) is 0. The van der Waals surface area contributed by atoms with Gasteiger partial charge in [-0.05, 0) is 28.4 Å². The second-order valence-corrected chi connectivity index (χ2v) is 19.1. The molecule has 0 N–H and O–H groups in total. The third-order valence-electron chi connectivity index (χ3n) is 9.13. The second kappa shape index (κ2) is 14.9. The molecule has 2 aliphatic rings. The number of hydrogen-bond donors (Lipinski definition) is 0. The first-order valence-corrected chi connectivity index (χ1v) is 19.3. The molecule has 0 bridgehead atoms. The molecular weight excluding hydrogens is 743 g/mol. The molecule has 0 saturated heterocycles. The van der Waals surface area contributed by atoms with Gasteiger partial charge in [0.15, 0.2) is 0 Å². The molecule has 0 unspecified atom stereocenters. The Bertz CT molecular complexity index is 1630. The summed E-state index contributed by atoms with van der Waals surface area (Å²) >= 11 is 1.06. The Kier molecular flexibility index (Phi) is 11.8. The van der Waals surface area contributed by atoms with Crippen LogP contribution in [-0.2, 0) is 52.0 Å². The summed E-state index contributed by atoms with van der Waals surface area (Å²) in [6.45, 7) is 27.2. The fourth-order valence-electron chi connectivity index (χ4n) is 5.81. The van der Waals surface area contributed by atoms with E-state index in [1.165, 1.54) is 58.9 Å². The maximum absolute atomic E-state index is 3.67. The average molecular weight is 799 g/mol. The summed E-state index contributed by atoms with van der Waals surface area (Å²) < 4.78 is 1.47. The van der Waals surface area contributed by atoms with E-state index in [0.717, 1.165) is 36.7 Å². The zero-order valence-electron chi connectivity index (χ0n) is 31.7. The van der Waals surface area contributed by atoms with E-state index in [1.54, 1.807) is 0 Å². The van der Waals surface area contributed by atoms with Crippen LogP contribution in [0.1, 0.15) is 134 Å². The third-order valence-corrected chi connectivity index (χ3v) is 11.2. The van der Waals surface area contributed by atoms with Gasteiger partial charge >= 0.3 is 150 Å². The van der Waals surface area contributed by atoms with Gasteiger partial charge < -0.3 is 0 Å². The molecule has 0 radical (unpaired) electrons. The predicted molar refractivity (Wildman–Crippen MR) is 206 cm³/mol. The first-order chi connectivity index (χ1) is 22.2. The van der Waals surface area contributed by atoms with E-state index >= 15 is 0 Å². The van der Waals surface area contributed by atoms with Gasteiger partial charge in [-0.25, -0.2) is 12.2 Å². The van der Waals surface area contributed by atoms with Crippen molar-refractivity contribution in [3.63, 3.8) is 0 Å². The van der Waals surface area contributed by atoms with Crippen LogP contribution in [0.4, 0.5) is 0 Å². The minimum Gasteiger partial charge on any atom is -0.273 e. The molecule has 0 nitrogen and oxygen atoms in total. The summed E-state index contributed by atoms with van der Waals surface area (Å²) in [5.41, 5.74) is 14.7. The molecule has 4 aromatic rings. The summed E-state index contributed by atoms with van der Waals surface area (Å²) in [6.07, 6.45) is 11.0. The molecule has 0 atom stereocenters. The molecule has 0 amide bonds. The van der Waals surface area contributed by atoms with E-state index in [0.29, 0.717) is 0 Å². The SMILES string of the molecule is CC(C)(C)c1[c-]c2c(cc1)-c1ccc(C(C)(C)C)cc1C2.CC(C)(C)c1ccc([C](=[Hf+2])c2ccc(C(C)(C)C)cc2)cc1.[C-]1=CC=CC1. The van der Waals surface area contributed by atoms with Gasteiger partial charge in [0, 0.05) is 0 Å². The Morgan fingerprint density at radius 3 is 1.44 bits per heavy atom. The van der Waals surface area contributed by atoms with Crippen molar-refractivity contribution in [2.24, 2.45) is 0 Å². The van der Waals surface area contributed by atoms with Crippen LogP contribution in [0.15, 0.2) is 97.1 Å². The van der Waals surface area contributed by atoms with Crippen LogP contribution < -0.4 is 0 Å². The molecule has 4 aromatic carbocycles. The van der Waals surface area contributed by atoms with E-state index < -0.39 is 0 Å². The van der Waals surface area contributed by atoms with Crippen LogP contribution in [0.2, 0.25) is 0 Å². The number of rotatable bonds is 2. The molecular formula is C47H56Hf. The molecule has 248 valence electrons. The number of allylic oxidation sites excluding steroid dienone is 4. The van der Waals surface area contributed by atoms with Crippen LogP contribution in [-0.4, -0.2) is 3.26 Å². The van der Waals surface area contributed by atoms with Crippen molar-refractivity contribution >= 4 is 3.26 Å². The van der Waals surface area contributed by atoms with E-state index in [1.807, 2.05) is 12.2 Å². The molecule has 48 heavy (non-hydrogen) atoms. The van der Waals surface area contributed by atoms with Crippen LogP contribution in [0.3, 0.4) is 0 Å². The molecule has 1 heteroatoms. The minimum absolute atomic E-state index is 0.167. The standard InChI is InChI=1S/C21H25.C21H26.C5H5.Hf/c1-20(2,3)16-7-9-18-14(12-16)11-15-13-17(21(4,5)6)8-10-19(15)18;1-20(2,3)18-11-7-16(8-12-18)15-17-9-13-19(14-10-17)21(4,5)6;1-2-4-5-3-1;/h7-10,12H,11H2,1-6H3;7-14H,1-6H3;1-3H,4H2;/q-1;;-1;+2. The Morgan fingerprint density at radius 1 is 0.562 bits per heavy atom. The third kappa shape index (κ3) is 9.84. The average Bonchev–Trinajstić information content (AvgIpc) is 3.71. The second-order valence-electron chi connectivity index (χ2n) is 17.3. The molecule has 6 rings (SSSR count). The van der Waals surface area contributed by atoms with Crippen molar-refractivity contribution in [1.29, 1.82) is 0 Å². The normalized spacial score (nSPS) is 13.6. The zero-order chi connectivity index (χ0) is 35.5. The van der Waals surface area contributed by atoms with Crippen molar-refractivity contribution in [1.82, 2.24) is 0 Å². The summed E-state index contributed by atoms with van der Waals surface area (Å²) in [6, 6.07) is 33.4. The molecule has 0 saturated carbocycles. The van der Waals surface area contributed by atoms with Crippen molar-refractivity contribution < 1.29 is 23.9 Å². The quantitative estimate of drug-likeness (QED) is 0.123. The van der Waals surface area contributed by atoms with E-state index in [2.05, 4.69) is 180 Å². The van der Waals surface area contributed by atoms with Gasteiger partial charge in [-0.2, -0.15) is 29.8 Å².